The molecule has 3 aromatic rings. The van der Waals surface area contributed by atoms with Crippen LogP contribution in [-0.4, -0.2) is 47.5 Å². The van der Waals surface area contributed by atoms with Gasteiger partial charge in [0.2, 0.25) is 5.76 Å². The summed E-state index contributed by atoms with van der Waals surface area (Å²) in [5, 5.41) is 4.04. The number of hydrogen-bond acceptors (Lipinski definition) is 4. The van der Waals surface area contributed by atoms with E-state index < -0.39 is 0 Å². The van der Waals surface area contributed by atoms with Gasteiger partial charge in [-0.15, -0.1) is 0 Å². The van der Waals surface area contributed by atoms with Gasteiger partial charge in [0.1, 0.15) is 5.82 Å². The lowest BCUT2D eigenvalue weighted by Gasteiger charge is -2.39. The fourth-order valence-corrected chi connectivity index (χ4v) is 3.57. The first-order valence-electron chi connectivity index (χ1n) is 9.34. The summed E-state index contributed by atoms with van der Waals surface area (Å²) < 4.78 is 18.4. The van der Waals surface area contributed by atoms with Crippen LogP contribution in [0.2, 0.25) is 0 Å². The highest BCUT2D eigenvalue weighted by molar-refractivity contribution is 5.92. The molecule has 0 spiro atoms. The Bertz CT molecular complexity index is 940. The zero-order valence-corrected chi connectivity index (χ0v) is 15.7. The second-order valence-electron chi connectivity index (χ2n) is 7.17. The lowest BCUT2D eigenvalue weighted by atomic mass is 10.0. The Morgan fingerprint density at radius 2 is 1.89 bits per heavy atom. The number of carbonyl (C=O) groups excluding carboxylic acids is 1. The summed E-state index contributed by atoms with van der Waals surface area (Å²) in [6.07, 6.45) is 0.488. The minimum atomic E-state index is -0.276. The van der Waals surface area contributed by atoms with E-state index in [2.05, 4.69) is 17.1 Å². The van der Waals surface area contributed by atoms with Crippen LogP contribution in [0.1, 0.15) is 33.4 Å². The maximum atomic E-state index is 13.1. The molecule has 0 radical (unpaired) electrons. The van der Waals surface area contributed by atoms with Crippen molar-refractivity contribution in [2.75, 3.05) is 26.7 Å². The summed E-state index contributed by atoms with van der Waals surface area (Å²) >= 11 is 0. The number of halogens is 1. The maximum absolute atomic E-state index is 13.1. The first kappa shape index (κ1) is 18.4. The number of piperazine rings is 1. The quantitative estimate of drug-likeness (QED) is 0.696. The van der Waals surface area contributed by atoms with Crippen LogP contribution >= 0.6 is 0 Å². The highest BCUT2D eigenvalue weighted by Gasteiger charge is 2.32. The van der Waals surface area contributed by atoms with Gasteiger partial charge in [0.25, 0.3) is 5.91 Å². The van der Waals surface area contributed by atoms with E-state index in [-0.39, 0.29) is 23.5 Å². The normalized spacial score (nSPS) is 17.6. The molecule has 2 heterocycles. The zero-order chi connectivity index (χ0) is 19.5. The van der Waals surface area contributed by atoms with Crippen LogP contribution in [0.15, 0.2) is 65.2 Å². The SMILES string of the molecule is CN1CCN(C(=O)c2cc(Cc3ccc(F)cc3)no2)[C@@H](c2ccccc2)C1. The van der Waals surface area contributed by atoms with Crippen LogP contribution in [-0.2, 0) is 6.42 Å². The third kappa shape index (κ3) is 3.97. The zero-order valence-electron chi connectivity index (χ0n) is 15.7. The van der Waals surface area contributed by atoms with Gasteiger partial charge in [0.15, 0.2) is 0 Å². The van der Waals surface area contributed by atoms with Gasteiger partial charge < -0.3 is 14.3 Å². The molecule has 144 valence electrons. The Morgan fingerprint density at radius 1 is 1.14 bits per heavy atom. The van der Waals surface area contributed by atoms with Gasteiger partial charge in [-0.2, -0.15) is 0 Å². The third-order valence-electron chi connectivity index (χ3n) is 5.10. The second-order valence-corrected chi connectivity index (χ2v) is 7.17. The number of aromatic nitrogens is 1. The average molecular weight is 379 g/mol. The molecular weight excluding hydrogens is 357 g/mol. The first-order chi connectivity index (χ1) is 13.6. The summed E-state index contributed by atoms with van der Waals surface area (Å²) in [5.74, 6) is -0.191. The largest absolute Gasteiger partial charge is 0.351 e. The van der Waals surface area contributed by atoms with Gasteiger partial charge in [0.05, 0.1) is 11.7 Å². The minimum absolute atomic E-state index is 0.0295. The van der Waals surface area contributed by atoms with E-state index >= 15 is 0 Å². The molecule has 1 amide bonds. The van der Waals surface area contributed by atoms with Crippen molar-refractivity contribution in [1.29, 1.82) is 0 Å². The summed E-state index contributed by atoms with van der Waals surface area (Å²) in [5.41, 5.74) is 2.67. The molecule has 1 atom stereocenters. The van der Waals surface area contributed by atoms with Crippen molar-refractivity contribution in [3.05, 3.63) is 89.1 Å². The monoisotopic (exact) mass is 379 g/mol. The predicted octanol–water partition coefficient (Wildman–Crippen LogP) is 3.53. The van der Waals surface area contributed by atoms with Crippen molar-refractivity contribution in [3.8, 4) is 0 Å². The molecule has 0 aliphatic carbocycles. The summed E-state index contributed by atoms with van der Waals surface area (Å²) in [6, 6.07) is 17.9. The summed E-state index contributed by atoms with van der Waals surface area (Å²) in [4.78, 5) is 17.2. The van der Waals surface area contributed by atoms with Crippen molar-refractivity contribution in [2.45, 2.75) is 12.5 Å². The average Bonchev–Trinajstić information content (AvgIpc) is 3.18. The molecule has 0 bridgehead atoms. The van der Waals surface area contributed by atoms with E-state index in [0.29, 0.717) is 18.7 Å². The van der Waals surface area contributed by atoms with Gasteiger partial charge in [-0.1, -0.05) is 47.6 Å². The molecule has 28 heavy (non-hydrogen) atoms. The molecule has 5 nitrogen and oxygen atoms in total. The molecule has 1 aromatic heterocycles. The molecule has 2 aromatic carbocycles. The number of hydrogen-bond donors (Lipinski definition) is 0. The molecule has 1 fully saturated rings. The van der Waals surface area contributed by atoms with Crippen LogP contribution < -0.4 is 0 Å². The molecule has 1 aliphatic heterocycles. The molecule has 0 saturated carbocycles. The Kier molecular flexibility index (Phi) is 5.21. The summed E-state index contributed by atoms with van der Waals surface area (Å²) in [7, 11) is 2.06. The van der Waals surface area contributed by atoms with Crippen LogP contribution in [0, 0.1) is 5.82 Å². The number of rotatable bonds is 4. The highest BCUT2D eigenvalue weighted by Crippen LogP contribution is 2.27. The van der Waals surface area contributed by atoms with Crippen LogP contribution in [0.25, 0.3) is 0 Å². The second kappa shape index (κ2) is 7.94. The van der Waals surface area contributed by atoms with E-state index in [4.69, 9.17) is 4.52 Å². The highest BCUT2D eigenvalue weighted by atomic mass is 19.1. The van der Waals surface area contributed by atoms with E-state index in [1.54, 1.807) is 18.2 Å². The van der Waals surface area contributed by atoms with Gasteiger partial charge in [0, 0.05) is 32.1 Å². The van der Waals surface area contributed by atoms with Gasteiger partial charge in [-0.25, -0.2) is 4.39 Å². The van der Waals surface area contributed by atoms with Gasteiger partial charge >= 0.3 is 0 Å². The standard InChI is InChI=1S/C22H22FN3O2/c1-25-11-12-26(20(15-25)17-5-3-2-4-6-17)22(27)21-14-19(24-28-21)13-16-7-9-18(23)10-8-16/h2-10,14,20H,11-13,15H2,1H3/t20-/m1/s1. The van der Waals surface area contributed by atoms with E-state index in [1.807, 2.05) is 35.2 Å². The number of likely N-dealkylation sites (N-methyl/N-ethyl adjacent to an activating group) is 1. The van der Waals surface area contributed by atoms with Gasteiger partial charge in [-0.3, -0.25) is 4.79 Å². The Labute approximate surface area is 163 Å². The van der Waals surface area contributed by atoms with Crippen molar-refractivity contribution in [1.82, 2.24) is 15.0 Å². The third-order valence-corrected chi connectivity index (χ3v) is 5.10. The van der Waals surface area contributed by atoms with Crippen molar-refractivity contribution < 1.29 is 13.7 Å². The Balaban J connectivity index is 1.53. The van der Waals surface area contributed by atoms with Crippen LogP contribution in [0.5, 0.6) is 0 Å². The molecule has 0 unspecified atom stereocenters. The van der Waals surface area contributed by atoms with Crippen molar-refractivity contribution in [2.24, 2.45) is 0 Å². The molecule has 6 heteroatoms. The number of nitrogens with zero attached hydrogens (tertiary/aromatic N) is 3. The molecule has 4 rings (SSSR count). The van der Waals surface area contributed by atoms with E-state index in [0.717, 1.165) is 24.2 Å². The van der Waals surface area contributed by atoms with Crippen LogP contribution in [0.3, 0.4) is 0 Å². The lowest BCUT2D eigenvalue weighted by Crippen LogP contribution is -2.49. The Hall–Kier alpha value is -2.99. The summed E-state index contributed by atoms with van der Waals surface area (Å²) in [6.45, 7) is 2.21. The van der Waals surface area contributed by atoms with Crippen LogP contribution in [0.4, 0.5) is 4.39 Å². The lowest BCUT2D eigenvalue weighted by molar-refractivity contribution is 0.0459. The number of benzene rings is 2. The Morgan fingerprint density at radius 3 is 2.64 bits per heavy atom. The van der Waals surface area contributed by atoms with Crippen molar-refractivity contribution in [3.63, 3.8) is 0 Å². The number of amides is 1. The van der Waals surface area contributed by atoms with E-state index in [9.17, 15) is 9.18 Å². The maximum Gasteiger partial charge on any atom is 0.293 e. The topological polar surface area (TPSA) is 49.6 Å². The fraction of sp³-hybridized carbons (Fsp3) is 0.273. The van der Waals surface area contributed by atoms with E-state index in [1.165, 1.54) is 12.1 Å². The minimum Gasteiger partial charge on any atom is -0.351 e. The first-order valence-corrected chi connectivity index (χ1v) is 9.34. The van der Waals surface area contributed by atoms with Crippen molar-refractivity contribution >= 4 is 5.91 Å². The molecule has 0 N–H and O–H groups in total. The molecule has 1 aliphatic rings. The van der Waals surface area contributed by atoms with Gasteiger partial charge in [-0.05, 0) is 30.3 Å². The smallest absolute Gasteiger partial charge is 0.293 e. The predicted molar refractivity (Wildman–Crippen MR) is 103 cm³/mol. The molecular formula is C22H22FN3O2. The fourth-order valence-electron chi connectivity index (χ4n) is 3.57. The number of carbonyl (C=O) groups is 1. The molecule has 1 saturated heterocycles.